The maximum atomic E-state index is 14.4. The minimum absolute atomic E-state index is 0.0183. The molecule has 12 N–H and O–H groups in total. The molecule has 2 fully saturated rings. The first-order chi connectivity index (χ1) is 43.6. The van der Waals surface area contributed by atoms with Crippen LogP contribution in [0.2, 0.25) is 0 Å². The number of carbonyl (C=O) groups excluding carboxylic acids is 9. The third kappa shape index (κ3) is 16.0. The van der Waals surface area contributed by atoms with E-state index < -0.39 is 151 Å². The molecule has 6 heterocycles. The summed E-state index contributed by atoms with van der Waals surface area (Å²) in [5.41, 5.74) is 11.3. The molecule has 4 aromatic rings. The SMILES string of the molecule is CC[C@]1(OC(=O)C(NC(=O)[C@@H](CC(N)=O)NC(=O)[C@@H](CC(C)C)NC(=O)CNC(=O)[C@H](CC(C)C)NC(=O)C2CCCN2C(=S)Nc2ccc(O[C@@H]3O[C@H](C)[C@H](O)[C@H](OCC(N)=O)[C@@H]3O)cc2)C(C)C)C(=O)OCc2c1cc1n(c2=O)Cc2cc3ccccc3nc2-1. The number of aliphatic hydroxyl groups is 2. The minimum atomic E-state index is -2.14. The first-order valence-corrected chi connectivity index (χ1v) is 31.1. The summed E-state index contributed by atoms with van der Waals surface area (Å²) in [6.07, 6.45) is -5.78. The second-order valence-electron chi connectivity index (χ2n) is 24.7. The molecule has 0 saturated carbocycles. The van der Waals surface area contributed by atoms with E-state index in [0.717, 1.165) is 10.9 Å². The number of carbonyl (C=O) groups is 9. The molecule has 2 saturated heterocycles. The highest BCUT2D eigenvalue weighted by Gasteiger charge is 2.52. The number of nitrogens with two attached hydrogens (primary N) is 2. The summed E-state index contributed by atoms with van der Waals surface area (Å²) in [5.74, 6) is -8.56. The van der Waals surface area contributed by atoms with Gasteiger partial charge in [0.2, 0.25) is 53.2 Å². The van der Waals surface area contributed by atoms with Gasteiger partial charge in [-0.3, -0.25) is 38.4 Å². The lowest BCUT2D eigenvalue weighted by atomic mass is 9.85. The molecule has 11 atom stereocenters. The van der Waals surface area contributed by atoms with Crippen LogP contribution in [0, 0.1) is 17.8 Å². The molecule has 0 spiro atoms. The summed E-state index contributed by atoms with van der Waals surface area (Å²) in [6.45, 7) is 12.6. The molecule has 4 aliphatic rings. The molecule has 0 radical (unpaired) electrons. The summed E-state index contributed by atoms with van der Waals surface area (Å²) in [7, 11) is 0. The van der Waals surface area contributed by atoms with Crippen molar-refractivity contribution in [1.82, 2.24) is 41.0 Å². The minimum Gasteiger partial charge on any atom is -0.462 e. The Labute approximate surface area is 535 Å². The van der Waals surface area contributed by atoms with Crippen LogP contribution in [0.25, 0.3) is 22.3 Å². The fourth-order valence-electron chi connectivity index (χ4n) is 11.7. The van der Waals surface area contributed by atoms with Gasteiger partial charge in [-0.15, -0.1) is 0 Å². The number of para-hydroxylation sites is 1. The number of likely N-dealkylation sites (tertiary alicyclic amines) is 1. The topological polar surface area (TPSA) is 403 Å². The van der Waals surface area contributed by atoms with Gasteiger partial charge in [-0.05, 0) is 111 Å². The maximum Gasteiger partial charge on any atom is 0.355 e. The number of primary amides is 2. The van der Waals surface area contributed by atoms with Crippen LogP contribution < -0.4 is 53.7 Å². The highest BCUT2D eigenvalue weighted by atomic mass is 32.1. The van der Waals surface area contributed by atoms with Gasteiger partial charge < -0.3 is 86.7 Å². The molecule has 28 nitrogen and oxygen atoms in total. The number of pyridine rings is 2. The number of thiocarbonyl (C=S) groups is 1. The first-order valence-electron chi connectivity index (χ1n) is 30.7. The second-order valence-corrected chi connectivity index (χ2v) is 25.0. The van der Waals surface area contributed by atoms with Crippen molar-refractivity contribution in [2.45, 2.75) is 174 Å². The zero-order chi connectivity index (χ0) is 67.0. The Morgan fingerprint density at radius 1 is 0.837 bits per heavy atom. The van der Waals surface area contributed by atoms with Gasteiger partial charge in [-0.25, -0.2) is 14.6 Å². The highest BCUT2D eigenvalue weighted by molar-refractivity contribution is 7.80. The summed E-state index contributed by atoms with van der Waals surface area (Å²) >= 11 is 5.75. The average Bonchev–Trinajstić information content (AvgIpc) is 1.40. The van der Waals surface area contributed by atoms with Crippen LogP contribution in [0.3, 0.4) is 0 Å². The zero-order valence-electron chi connectivity index (χ0n) is 52.5. The molecular weight excluding hydrogens is 1210 g/mol. The number of ether oxygens (including phenoxy) is 5. The van der Waals surface area contributed by atoms with Crippen LogP contribution in [-0.2, 0) is 80.9 Å². The predicted octanol–water partition coefficient (Wildman–Crippen LogP) is 0.887. The van der Waals surface area contributed by atoms with Gasteiger partial charge in [0, 0.05) is 28.7 Å². The smallest absolute Gasteiger partial charge is 0.355 e. The van der Waals surface area contributed by atoms with E-state index in [-0.39, 0.29) is 66.2 Å². The number of nitrogens with zero attached hydrogens (tertiary/aromatic N) is 3. The van der Waals surface area contributed by atoms with Crippen LogP contribution in [0.1, 0.15) is 111 Å². The van der Waals surface area contributed by atoms with Crippen molar-refractivity contribution in [3.63, 3.8) is 0 Å². The van der Waals surface area contributed by atoms with Crippen molar-refractivity contribution in [1.29, 1.82) is 0 Å². The quantitative estimate of drug-likeness (QED) is 0.0271. The van der Waals surface area contributed by atoms with E-state index in [4.69, 9.17) is 52.4 Å². The van der Waals surface area contributed by atoms with Crippen LogP contribution in [-0.4, -0.2) is 164 Å². The molecule has 8 rings (SSSR count). The highest BCUT2D eigenvalue weighted by Crippen LogP contribution is 2.41. The molecule has 29 heteroatoms. The molecule has 2 aromatic carbocycles. The summed E-state index contributed by atoms with van der Waals surface area (Å²) in [5, 5.41) is 38.6. The van der Waals surface area contributed by atoms with Gasteiger partial charge in [-0.2, -0.15) is 0 Å². The Balaban J connectivity index is 0.870. The Morgan fingerprint density at radius 3 is 2.16 bits per heavy atom. The number of rotatable bonds is 26. The number of aliphatic hydroxyl groups excluding tert-OH is 2. The Morgan fingerprint density at radius 2 is 1.51 bits per heavy atom. The van der Waals surface area contributed by atoms with Crippen LogP contribution in [0.4, 0.5) is 5.69 Å². The average molecular weight is 1300 g/mol. The van der Waals surface area contributed by atoms with E-state index in [1.54, 1.807) is 76.8 Å². The lowest BCUT2D eigenvalue weighted by Crippen LogP contribution is -2.59. The first kappa shape index (κ1) is 69.3. The summed E-state index contributed by atoms with van der Waals surface area (Å²) in [4.78, 5) is 143. The monoisotopic (exact) mass is 1300 g/mol. The molecule has 7 amide bonds. The molecule has 0 bridgehead atoms. The third-order valence-electron chi connectivity index (χ3n) is 16.4. The number of esters is 2. The Hall–Kier alpha value is -8.64. The number of hydrogen-bond acceptors (Lipinski definition) is 19. The molecule has 496 valence electrons. The zero-order valence-corrected chi connectivity index (χ0v) is 53.3. The number of aromatic nitrogens is 2. The van der Waals surface area contributed by atoms with E-state index in [2.05, 4.69) is 31.9 Å². The number of cyclic esters (lactones) is 1. The molecule has 4 aliphatic heterocycles. The van der Waals surface area contributed by atoms with Gasteiger partial charge in [-0.1, -0.05) is 66.7 Å². The third-order valence-corrected chi connectivity index (χ3v) is 16.7. The van der Waals surface area contributed by atoms with Crippen molar-refractivity contribution in [3.8, 4) is 17.1 Å². The van der Waals surface area contributed by atoms with Crippen molar-refractivity contribution in [2.24, 2.45) is 29.2 Å². The lowest BCUT2D eigenvalue weighted by Gasteiger charge is -2.40. The lowest BCUT2D eigenvalue weighted by molar-refractivity contribution is -0.276. The maximum absolute atomic E-state index is 14.4. The fourth-order valence-corrected chi connectivity index (χ4v) is 12.0. The largest absolute Gasteiger partial charge is 0.462 e. The number of fused-ring (bicyclic) bond motifs is 5. The normalized spacial score (nSPS) is 22.0. The number of benzene rings is 2. The van der Waals surface area contributed by atoms with E-state index in [1.165, 1.54) is 4.57 Å². The molecule has 2 unspecified atom stereocenters. The van der Waals surface area contributed by atoms with Gasteiger partial charge in [0.15, 0.2) is 5.11 Å². The van der Waals surface area contributed by atoms with Crippen LogP contribution in [0.5, 0.6) is 5.75 Å². The predicted molar refractivity (Wildman–Crippen MR) is 335 cm³/mol. The van der Waals surface area contributed by atoms with Crippen LogP contribution in [0.15, 0.2) is 65.5 Å². The van der Waals surface area contributed by atoms with Crippen molar-refractivity contribution >= 4 is 87.2 Å². The summed E-state index contributed by atoms with van der Waals surface area (Å²) < 4.78 is 30.0. The number of amides is 7. The fraction of sp³-hybridized carbons (Fsp3) is 0.524. The van der Waals surface area contributed by atoms with Gasteiger partial charge in [0.05, 0.1) is 48.1 Å². The molecule has 92 heavy (non-hydrogen) atoms. The molecule has 2 aromatic heterocycles. The van der Waals surface area contributed by atoms with E-state index in [1.807, 2.05) is 44.2 Å². The van der Waals surface area contributed by atoms with E-state index in [0.29, 0.717) is 42.0 Å². The molecule has 0 aliphatic carbocycles. The Bertz CT molecular complexity index is 3550. The van der Waals surface area contributed by atoms with Gasteiger partial charge >= 0.3 is 11.9 Å². The van der Waals surface area contributed by atoms with Gasteiger partial charge in [0.25, 0.3) is 5.56 Å². The van der Waals surface area contributed by atoms with E-state index in [9.17, 15) is 58.2 Å². The Kier molecular flexibility index (Phi) is 22.4. The van der Waals surface area contributed by atoms with Crippen molar-refractivity contribution in [2.75, 3.05) is 25.0 Å². The van der Waals surface area contributed by atoms with Crippen molar-refractivity contribution < 1.29 is 77.0 Å². The standard InChI is InChI=1S/C63H81N11O17S/c1-9-63(39-24-45-50-35(23-34-13-10-11-14-40(34)69-50)27-74(45)58(84)38(39)28-88-61(63)86)91-59(85)49(32(6)7)72-56(82)43(25-46(64)75)70-55(81)42(22-31(4)5)68-48(77)26-66-54(80)41(21-30(2)3)71-57(83)44-15-12-20-73(44)62(92)67-36-16-18-37(19-17-36)90-60-52(79)53(87-29-47(65)76)51(78)33(8)89-60/h10-11,13-14,16-19,23-24,30-33,41-44,49,51-53,60,78-79H,9,12,15,20-22,25-29H2,1-8H3,(H2,64,75)(H2,65,76)(H,66,80)(H,67,92)(H,68,77)(H,70,81)(H,71,83)(H,72,82)/t33-,41+,42-,43-,44?,49?,51+,52+,53+,60+,63-/m1/s1. The number of nitrogens with one attached hydrogen (secondary N) is 6. The second kappa shape index (κ2) is 29.8. The number of anilines is 1. The van der Waals surface area contributed by atoms with Gasteiger partial charge in [0.1, 0.15) is 67.5 Å². The summed E-state index contributed by atoms with van der Waals surface area (Å²) in [6, 6.07) is 11.0. The molecular formula is C63H81N11O17S. The number of hydrogen-bond donors (Lipinski definition) is 10. The van der Waals surface area contributed by atoms with E-state index >= 15 is 0 Å². The van der Waals surface area contributed by atoms with Crippen molar-refractivity contribution in [3.05, 3.63) is 87.7 Å². The van der Waals surface area contributed by atoms with Crippen LogP contribution >= 0.6 is 12.2 Å².